The van der Waals surface area contributed by atoms with Crippen LogP contribution in [0.25, 0.3) is 0 Å². The standard InChI is InChI=1S/C14H19ClN2O3/c1-8(2)6-12(13(18)19)17-14(20)16-11-5-4-9(3)7-10(11)15/h4-5,7-8,12H,6H2,1-3H3,(H,18,19)(H2,16,17,20)/t12-/m1/s1. The van der Waals surface area contributed by atoms with Gasteiger partial charge in [0, 0.05) is 0 Å². The van der Waals surface area contributed by atoms with Crippen molar-refractivity contribution in [3.8, 4) is 0 Å². The Kier molecular flexibility index (Phi) is 5.82. The van der Waals surface area contributed by atoms with E-state index < -0.39 is 18.0 Å². The molecule has 0 unspecified atom stereocenters. The summed E-state index contributed by atoms with van der Waals surface area (Å²) in [5, 5.41) is 14.5. The zero-order valence-electron chi connectivity index (χ0n) is 11.7. The Morgan fingerprint density at radius 2 is 2.00 bits per heavy atom. The summed E-state index contributed by atoms with van der Waals surface area (Å²) >= 11 is 6.00. The second-order valence-corrected chi connectivity index (χ2v) is 5.51. The molecule has 110 valence electrons. The Labute approximate surface area is 123 Å². The second kappa shape index (κ2) is 7.14. The number of rotatable bonds is 5. The number of aliphatic carboxylic acids is 1. The van der Waals surface area contributed by atoms with Crippen LogP contribution in [0, 0.1) is 12.8 Å². The number of carbonyl (C=O) groups is 2. The van der Waals surface area contributed by atoms with Gasteiger partial charge in [0.25, 0.3) is 0 Å². The van der Waals surface area contributed by atoms with Crippen LogP contribution in [0.3, 0.4) is 0 Å². The number of hydrogen-bond donors (Lipinski definition) is 3. The van der Waals surface area contributed by atoms with Crippen molar-refractivity contribution in [1.82, 2.24) is 5.32 Å². The molecule has 0 radical (unpaired) electrons. The van der Waals surface area contributed by atoms with Crippen LogP contribution < -0.4 is 10.6 Å². The summed E-state index contributed by atoms with van der Waals surface area (Å²) in [6.07, 6.45) is 0.365. The number of anilines is 1. The number of aryl methyl sites for hydroxylation is 1. The van der Waals surface area contributed by atoms with Crippen LogP contribution in [0.5, 0.6) is 0 Å². The van der Waals surface area contributed by atoms with Crippen LogP contribution in [0.2, 0.25) is 5.02 Å². The SMILES string of the molecule is Cc1ccc(NC(=O)N[C@H](CC(C)C)C(=O)O)c(Cl)c1. The van der Waals surface area contributed by atoms with Crippen molar-refractivity contribution in [3.05, 3.63) is 28.8 Å². The third-order valence-corrected chi connectivity index (χ3v) is 3.00. The lowest BCUT2D eigenvalue weighted by Crippen LogP contribution is -2.43. The van der Waals surface area contributed by atoms with Gasteiger partial charge in [-0.25, -0.2) is 9.59 Å². The molecule has 5 nitrogen and oxygen atoms in total. The van der Waals surface area contributed by atoms with E-state index >= 15 is 0 Å². The van der Waals surface area contributed by atoms with Gasteiger partial charge in [-0.05, 0) is 37.0 Å². The monoisotopic (exact) mass is 298 g/mol. The lowest BCUT2D eigenvalue weighted by atomic mass is 10.0. The van der Waals surface area contributed by atoms with E-state index in [2.05, 4.69) is 10.6 Å². The minimum absolute atomic E-state index is 0.166. The summed E-state index contributed by atoms with van der Waals surface area (Å²) in [6.45, 7) is 5.68. The molecule has 0 saturated heterocycles. The molecule has 2 amide bonds. The molecule has 20 heavy (non-hydrogen) atoms. The summed E-state index contributed by atoms with van der Waals surface area (Å²) in [4.78, 5) is 22.9. The largest absolute Gasteiger partial charge is 0.480 e. The Hall–Kier alpha value is -1.75. The van der Waals surface area contributed by atoms with Gasteiger partial charge in [-0.15, -0.1) is 0 Å². The molecule has 1 aromatic carbocycles. The fourth-order valence-electron chi connectivity index (χ4n) is 1.73. The number of amides is 2. The Morgan fingerprint density at radius 1 is 1.35 bits per heavy atom. The Morgan fingerprint density at radius 3 is 2.50 bits per heavy atom. The first-order valence-corrected chi connectivity index (χ1v) is 6.74. The predicted octanol–water partition coefficient (Wildman–Crippen LogP) is 3.27. The molecule has 0 bridgehead atoms. The van der Waals surface area contributed by atoms with E-state index in [9.17, 15) is 9.59 Å². The molecule has 6 heteroatoms. The zero-order chi connectivity index (χ0) is 15.3. The van der Waals surface area contributed by atoms with Gasteiger partial charge in [-0.2, -0.15) is 0 Å². The molecule has 1 atom stereocenters. The number of hydrogen-bond acceptors (Lipinski definition) is 2. The minimum atomic E-state index is -1.05. The third kappa shape index (κ3) is 5.09. The molecule has 0 heterocycles. The number of urea groups is 1. The first-order chi connectivity index (χ1) is 9.29. The molecule has 0 aliphatic rings. The van der Waals surface area contributed by atoms with Crippen LogP contribution in [-0.4, -0.2) is 23.1 Å². The van der Waals surface area contributed by atoms with Crippen LogP contribution in [0.1, 0.15) is 25.8 Å². The number of benzene rings is 1. The van der Waals surface area contributed by atoms with E-state index in [1.54, 1.807) is 12.1 Å². The molecular formula is C14H19ClN2O3. The molecule has 0 spiro atoms. The molecule has 0 fully saturated rings. The highest BCUT2D eigenvalue weighted by Crippen LogP contribution is 2.22. The highest BCUT2D eigenvalue weighted by molar-refractivity contribution is 6.33. The van der Waals surface area contributed by atoms with Crippen molar-refractivity contribution in [1.29, 1.82) is 0 Å². The summed E-state index contributed by atoms with van der Waals surface area (Å²) in [7, 11) is 0. The van der Waals surface area contributed by atoms with Crippen LogP contribution in [0.4, 0.5) is 10.5 Å². The lowest BCUT2D eigenvalue weighted by molar-refractivity contribution is -0.139. The maximum absolute atomic E-state index is 11.8. The summed E-state index contributed by atoms with van der Waals surface area (Å²) in [5.74, 6) is -0.886. The fourth-order valence-corrected chi connectivity index (χ4v) is 2.01. The summed E-state index contributed by atoms with van der Waals surface area (Å²) in [5.41, 5.74) is 1.42. The average molecular weight is 299 g/mol. The molecule has 1 rings (SSSR count). The average Bonchev–Trinajstić information content (AvgIpc) is 2.31. The minimum Gasteiger partial charge on any atom is -0.480 e. The molecule has 0 aliphatic carbocycles. The fraction of sp³-hybridized carbons (Fsp3) is 0.429. The maximum atomic E-state index is 11.8. The molecular weight excluding hydrogens is 280 g/mol. The van der Waals surface area contributed by atoms with Gasteiger partial charge in [0.1, 0.15) is 6.04 Å². The number of nitrogens with one attached hydrogen (secondary N) is 2. The second-order valence-electron chi connectivity index (χ2n) is 5.10. The van der Waals surface area contributed by atoms with Gasteiger partial charge in [-0.1, -0.05) is 31.5 Å². The highest BCUT2D eigenvalue weighted by Gasteiger charge is 2.21. The molecule has 0 aromatic heterocycles. The van der Waals surface area contributed by atoms with Crippen molar-refractivity contribution in [2.45, 2.75) is 33.2 Å². The van der Waals surface area contributed by atoms with Crippen molar-refractivity contribution < 1.29 is 14.7 Å². The normalized spacial score (nSPS) is 12.1. The van der Waals surface area contributed by atoms with Crippen LogP contribution in [0.15, 0.2) is 18.2 Å². The number of halogens is 1. The van der Waals surface area contributed by atoms with E-state index in [0.29, 0.717) is 17.1 Å². The Bertz CT molecular complexity index is 503. The lowest BCUT2D eigenvalue weighted by Gasteiger charge is -2.17. The predicted molar refractivity (Wildman–Crippen MR) is 79.2 cm³/mol. The van der Waals surface area contributed by atoms with Crippen LogP contribution >= 0.6 is 11.6 Å². The molecule has 0 saturated carbocycles. The smallest absolute Gasteiger partial charge is 0.326 e. The van der Waals surface area contributed by atoms with Gasteiger partial charge >= 0.3 is 12.0 Å². The van der Waals surface area contributed by atoms with Crippen molar-refractivity contribution >= 4 is 29.3 Å². The van der Waals surface area contributed by atoms with E-state index in [1.807, 2.05) is 26.8 Å². The molecule has 0 aliphatic heterocycles. The zero-order valence-corrected chi connectivity index (χ0v) is 12.5. The van der Waals surface area contributed by atoms with E-state index in [0.717, 1.165) is 5.56 Å². The van der Waals surface area contributed by atoms with Crippen molar-refractivity contribution in [2.75, 3.05) is 5.32 Å². The van der Waals surface area contributed by atoms with Gasteiger partial charge < -0.3 is 15.7 Å². The first-order valence-electron chi connectivity index (χ1n) is 6.36. The third-order valence-electron chi connectivity index (χ3n) is 2.68. The quantitative estimate of drug-likeness (QED) is 0.780. The van der Waals surface area contributed by atoms with Crippen molar-refractivity contribution in [3.63, 3.8) is 0 Å². The first kappa shape index (κ1) is 16.3. The maximum Gasteiger partial charge on any atom is 0.326 e. The highest BCUT2D eigenvalue weighted by atomic mass is 35.5. The number of carboxylic acid groups (broad SMARTS) is 1. The molecule has 3 N–H and O–H groups in total. The summed E-state index contributed by atoms with van der Waals surface area (Å²) < 4.78 is 0. The Balaban J connectivity index is 2.68. The van der Waals surface area contributed by atoms with Crippen LogP contribution in [-0.2, 0) is 4.79 Å². The topological polar surface area (TPSA) is 78.4 Å². The van der Waals surface area contributed by atoms with Gasteiger partial charge in [-0.3, -0.25) is 0 Å². The molecule has 1 aromatic rings. The van der Waals surface area contributed by atoms with Crippen molar-refractivity contribution in [2.24, 2.45) is 5.92 Å². The van der Waals surface area contributed by atoms with Gasteiger partial charge in [0.15, 0.2) is 0 Å². The van der Waals surface area contributed by atoms with E-state index in [-0.39, 0.29) is 5.92 Å². The number of carbonyl (C=O) groups excluding carboxylic acids is 1. The van der Waals surface area contributed by atoms with Gasteiger partial charge in [0.05, 0.1) is 10.7 Å². The summed E-state index contributed by atoms with van der Waals surface area (Å²) in [6, 6.07) is 3.71. The van der Waals surface area contributed by atoms with E-state index in [1.165, 1.54) is 0 Å². The van der Waals surface area contributed by atoms with E-state index in [4.69, 9.17) is 16.7 Å². The number of carboxylic acids is 1. The van der Waals surface area contributed by atoms with Gasteiger partial charge in [0.2, 0.25) is 0 Å².